The van der Waals surface area contributed by atoms with Crippen LogP contribution in [0.15, 0.2) is 48.5 Å². The Morgan fingerprint density at radius 3 is 2.23 bits per heavy atom. The van der Waals surface area contributed by atoms with Crippen LogP contribution in [0.5, 0.6) is 0 Å². The molecule has 0 saturated heterocycles. The van der Waals surface area contributed by atoms with E-state index < -0.39 is 0 Å². The Kier molecular flexibility index (Phi) is 11.9. The van der Waals surface area contributed by atoms with Crippen LogP contribution in [0.4, 0.5) is 0 Å². The van der Waals surface area contributed by atoms with E-state index in [1.165, 1.54) is 69.1 Å². The standard InChI is InChI=1S/C31H45N3O/c1-3-4-5-6-7-8-9-10-18-25-34-29-22-16-15-21-28(29)33-30(34)23-12-11-17-24-32-31(35)27-20-14-13-19-26(27)2/h13-16,19-22H,3-12,17-18,23-25H2,1-2H3,(H,32,35). The number of nitrogens with zero attached hydrogens (tertiary/aromatic N) is 2. The van der Waals surface area contributed by atoms with Crippen LogP contribution in [0.25, 0.3) is 11.0 Å². The van der Waals surface area contributed by atoms with Crippen LogP contribution in [0.1, 0.15) is 106 Å². The minimum absolute atomic E-state index is 0.0332. The molecule has 0 fully saturated rings. The van der Waals surface area contributed by atoms with Crippen LogP contribution in [0.2, 0.25) is 0 Å². The number of benzene rings is 2. The quantitative estimate of drug-likeness (QED) is 0.201. The number of amides is 1. The first-order chi connectivity index (χ1) is 17.2. The Hall–Kier alpha value is -2.62. The van der Waals surface area contributed by atoms with Crippen molar-refractivity contribution in [2.75, 3.05) is 6.54 Å². The van der Waals surface area contributed by atoms with Crippen molar-refractivity contribution in [3.8, 4) is 0 Å². The summed E-state index contributed by atoms with van der Waals surface area (Å²) >= 11 is 0. The Morgan fingerprint density at radius 1 is 0.800 bits per heavy atom. The molecular weight excluding hydrogens is 430 g/mol. The molecule has 1 amide bonds. The molecule has 0 aliphatic carbocycles. The monoisotopic (exact) mass is 475 g/mol. The molecule has 190 valence electrons. The zero-order valence-corrected chi connectivity index (χ0v) is 22.0. The number of para-hydroxylation sites is 2. The van der Waals surface area contributed by atoms with E-state index in [4.69, 9.17) is 4.98 Å². The smallest absolute Gasteiger partial charge is 0.251 e. The van der Waals surface area contributed by atoms with Crippen molar-refractivity contribution in [3.05, 3.63) is 65.5 Å². The maximum absolute atomic E-state index is 12.4. The molecule has 0 aliphatic heterocycles. The molecule has 1 N–H and O–H groups in total. The Morgan fingerprint density at radius 2 is 1.46 bits per heavy atom. The van der Waals surface area contributed by atoms with Gasteiger partial charge in [-0.05, 0) is 49.9 Å². The van der Waals surface area contributed by atoms with Gasteiger partial charge in [-0.3, -0.25) is 4.79 Å². The largest absolute Gasteiger partial charge is 0.352 e. The highest BCUT2D eigenvalue weighted by atomic mass is 16.1. The predicted octanol–water partition coefficient (Wildman–Crippen LogP) is 8.02. The van der Waals surface area contributed by atoms with Crippen molar-refractivity contribution in [2.45, 2.75) is 104 Å². The first-order valence-corrected chi connectivity index (χ1v) is 14.0. The number of hydrogen-bond acceptors (Lipinski definition) is 2. The summed E-state index contributed by atoms with van der Waals surface area (Å²) in [5.74, 6) is 1.25. The summed E-state index contributed by atoms with van der Waals surface area (Å²) in [6, 6.07) is 16.3. The average Bonchev–Trinajstić information content (AvgIpc) is 3.22. The van der Waals surface area contributed by atoms with E-state index in [2.05, 4.69) is 41.1 Å². The van der Waals surface area contributed by atoms with Crippen molar-refractivity contribution in [2.24, 2.45) is 0 Å². The maximum atomic E-state index is 12.4. The van der Waals surface area contributed by atoms with Crippen LogP contribution < -0.4 is 5.32 Å². The Balaban J connectivity index is 1.38. The van der Waals surface area contributed by atoms with Gasteiger partial charge in [0.25, 0.3) is 5.91 Å². The Bertz CT molecular complexity index is 1020. The summed E-state index contributed by atoms with van der Waals surface area (Å²) in [5, 5.41) is 3.07. The van der Waals surface area contributed by atoms with E-state index in [9.17, 15) is 4.79 Å². The van der Waals surface area contributed by atoms with Crippen molar-refractivity contribution in [1.82, 2.24) is 14.9 Å². The number of carbonyl (C=O) groups is 1. The lowest BCUT2D eigenvalue weighted by Gasteiger charge is -2.10. The molecule has 0 radical (unpaired) electrons. The number of aryl methyl sites for hydroxylation is 3. The summed E-state index contributed by atoms with van der Waals surface area (Å²) in [5.41, 5.74) is 4.19. The molecule has 3 aromatic rings. The Labute approximate surface area is 212 Å². The molecule has 2 aromatic carbocycles. The molecular formula is C31H45N3O. The van der Waals surface area contributed by atoms with Crippen LogP contribution in [-0.4, -0.2) is 22.0 Å². The molecule has 1 heterocycles. The van der Waals surface area contributed by atoms with Crippen LogP contribution in [0.3, 0.4) is 0 Å². The molecule has 0 spiro atoms. The van der Waals surface area contributed by atoms with E-state index in [0.717, 1.165) is 55.4 Å². The molecule has 0 aliphatic rings. The van der Waals surface area contributed by atoms with Crippen molar-refractivity contribution in [3.63, 3.8) is 0 Å². The zero-order chi connectivity index (χ0) is 24.7. The summed E-state index contributed by atoms with van der Waals surface area (Å²) in [7, 11) is 0. The lowest BCUT2D eigenvalue weighted by atomic mass is 10.1. The van der Waals surface area contributed by atoms with Gasteiger partial charge in [0.1, 0.15) is 5.82 Å². The second-order valence-corrected chi connectivity index (χ2v) is 9.88. The SMILES string of the molecule is CCCCCCCCCCCn1c(CCCCCNC(=O)c2ccccc2C)nc2ccccc21. The third kappa shape index (κ3) is 8.83. The lowest BCUT2D eigenvalue weighted by Crippen LogP contribution is -2.25. The molecule has 1 aromatic heterocycles. The van der Waals surface area contributed by atoms with Gasteiger partial charge in [0.2, 0.25) is 0 Å². The van der Waals surface area contributed by atoms with Gasteiger partial charge >= 0.3 is 0 Å². The fourth-order valence-electron chi connectivity index (χ4n) is 4.86. The maximum Gasteiger partial charge on any atom is 0.251 e. The van der Waals surface area contributed by atoms with Crippen LogP contribution in [-0.2, 0) is 13.0 Å². The average molecular weight is 476 g/mol. The van der Waals surface area contributed by atoms with E-state index in [-0.39, 0.29) is 5.91 Å². The number of aromatic nitrogens is 2. The van der Waals surface area contributed by atoms with E-state index in [0.29, 0.717) is 0 Å². The molecule has 4 heteroatoms. The van der Waals surface area contributed by atoms with E-state index in [1.54, 1.807) is 0 Å². The van der Waals surface area contributed by atoms with Gasteiger partial charge in [-0.15, -0.1) is 0 Å². The first-order valence-electron chi connectivity index (χ1n) is 14.0. The molecule has 35 heavy (non-hydrogen) atoms. The van der Waals surface area contributed by atoms with Crippen molar-refractivity contribution < 1.29 is 4.79 Å². The number of rotatable bonds is 17. The minimum atomic E-state index is 0.0332. The molecule has 0 saturated carbocycles. The number of fused-ring (bicyclic) bond motifs is 1. The van der Waals surface area contributed by atoms with Gasteiger partial charge < -0.3 is 9.88 Å². The van der Waals surface area contributed by atoms with Crippen LogP contribution >= 0.6 is 0 Å². The predicted molar refractivity (Wildman–Crippen MR) is 148 cm³/mol. The molecule has 4 nitrogen and oxygen atoms in total. The summed E-state index contributed by atoms with van der Waals surface area (Å²) in [4.78, 5) is 17.3. The highest BCUT2D eigenvalue weighted by Gasteiger charge is 2.10. The number of imidazole rings is 1. The van der Waals surface area contributed by atoms with Crippen LogP contribution in [0, 0.1) is 6.92 Å². The van der Waals surface area contributed by atoms with Gasteiger partial charge in [0.05, 0.1) is 11.0 Å². The van der Waals surface area contributed by atoms with Gasteiger partial charge in [-0.25, -0.2) is 4.98 Å². The molecule has 0 bridgehead atoms. The fraction of sp³-hybridized carbons (Fsp3) is 0.548. The highest BCUT2D eigenvalue weighted by molar-refractivity contribution is 5.95. The normalized spacial score (nSPS) is 11.3. The first kappa shape index (κ1) is 27.0. The minimum Gasteiger partial charge on any atom is -0.352 e. The highest BCUT2D eigenvalue weighted by Crippen LogP contribution is 2.19. The third-order valence-corrected chi connectivity index (χ3v) is 6.97. The summed E-state index contributed by atoms with van der Waals surface area (Å²) in [6.07, 6.45) is 16.4. The number of unbranched alkanes of at least 4 members (excludes halogenated alkanes) is 10. The number of carbonyl (C=O) groups excluding carboxylic acids is 1. The topological polar surface area (TPSA) is 46.9 Å². The third-order valence-electron chi connectivity index (χ3n) is 6.97. The van der Waals surface area contributed by atoms with Gasteiger partial charge in [-0.2, -0.15) is 0 Å². The zero-order valence-electron chi connectivity index (χ0n) is 22.0. The fourth-order valence-corrected chi connectivity index (χ4v) is 4.86. The second kappa shape index (κ2) is 15.4. The summed E-state index contributed by atoms with van der Waals surface area (Å²) in [6.45, 7) is 6.05. The van der Waals surface area contributed by atoms with Gasteiger partial charge in [0.15, 0.2) is 0 Å². The number of nitrogens with one attached hydrogen (secondary N) is 1. The van der Waals surface area contributed by atoms with E-state index >= 15 is 0 Å². The molecule has 0 unspecified atom stereocenters. The number of hydrogen-bond donors (Lipinski definition) is 1. The molecule has 0 atom stereocenters. The molecule has 3 rings (SSSR count). The second-order valence-electron chi connectivity index (χ2n) is 9.88. The van der Waals surface area contributed by atoms with Crippen molar-refractivity contribution in [1.29, 1.82) is 0 Å². The van der Waals surface area contributed by atoms with Gasteiger partial charge in [0, 0.05) is 25.1 Å². The van der Waals surface area contributed by atoms with E-state index in [1.807, 2.05) is 31.2 Å². The van der Waals surface area contributed by atoms with Crippen molar-refractivity contribution >= 4 is 16.9 Å². The summed E-state index contributed by atoms with van der Waals surface area (Å²) < 4.78 is 2.45. The van der Waals surface area contributed by atoms with Gasteiger partial charge in [-0.1, -0.05) is 95.0 Å². The lowest BCUT2D eigenvalue weighted by molar-refractivity contribution is 0.0952.